The molecule has 1 rings (SSSR count). The highest BCUT2D eigenvalue weighted by atomic mass is 79.9. The zero-order chi connectivity index (χ0) is 11.3. The zero-order valence-corrected chi connectivity index (χ0v) is 11.4. The first-order chi connectivity index (χ1) is 7.08. The van der Waals surface area contributed by atoms with E-state index in [-0.39, 0.29) is 17.2 Å². The Balaban J connectivity index is 2.28. The van der Waals surface area contributed by atoms with Crippen LogP contribution < -0.4 is 5.32 Å². The smallest absolute Gasteiger partial charge is 0.223 e. The van der Waals surface area contributed by atoms with Gasteiger partial charge in [0.15, 0.2) is 0 Å². The zero-order valence-electron chi connectivity index (χ0n) is 9.81. The molecule has 1 amide bonds. The third kappa shape index (κ3) is 3.78. The lowest BCUT2D eigenvalue weighted by atomic mass is 9.81. The summed E-state index contributed by atoms with van der Waals surface area (Å²) >= 11 is 3.39. The third-order valence-electron chi connectivity index (χ3n) is 3.43. The molecule has 0 aliphatic heterocycles. The first-order valence-electron chi connectivity index (χ1n) is 5.91. The first kappa shape index (κ1) is 13.0. The summed E-state index contributed by atoms with van der Waals surface area (Å²) in [5, 5.41) is 4.08. The summed E-state index contributed by atoms with van der Waals surface area (Å²) in [6.45, 7) is 5.25. The van der Waals surface area contributed by atoms with E-state index >= 15 is 0 Å². The third-order valence-corrected chi connectivity index (χ3v) is 3.99. The Kier molecular flexibility index (Phi) is 5.10. The van der Waals surface area contributed by atoms with Gasteiger partial charge in [0.05, 0.1) is 0 Å². The van der Waals surface area contributed by atoms with Crippen molar-refractivity contribution in [1.82, 2.24) is 5.32 Å². The molecule has 0 spiro atoms. The number of unbranched alkanes of at least 4 members (excludes halogenated alkanes) is 1. The van der Waals surface area contributed by atoms with Gasteiger partial charge in [0.1, 0.15) is 0 Å². The Morgan fingerprint density at radius 2 is 2.20 bits per heavy atom. The Hall–Kier alpha value is -0.0500. The van der Waals surface area contributed by atoms with Crippen molar-refractivity contribution in [2.75, 3.05) is 11.9 Å². The van der Waals surface area contributed by atoms with E-state index in [4.69, 9.17) is 0 Å². The molecule has 0 bridgehead atoms. The highest BCUT2D eigenvalue weighted by molar-refractivity contribution is 9.09. The minimum Gasteiger partial charge on any atom is -0.356 e. The van der Waals surface area contributed by atoms with E-state index in [1.807, 2.05) is 0 Å². The van der Waals surface area contributed by atoms with Gasteiger partial charge in [0.25, 0.3) is 0 Å². The van der Waals surface area contributed by atoms with Crippen molar-refractivity contribution in [3.63, 3.8) is 0 Å². The number of alkyl halides is 1. The minimum atomic E-state index is 0.208. The quantitative estimate of drug-likeness (QED) is 0.606. The van der Waals surface area contributed by atoms with Crippen LogP contribution in [0.25, 0.3) is 0 Å². The van der Waals surface area contributed by atoms with E-state index in [1.165, 1.54) is 12.8 Å². The van der Waals surface area contributed by atoms with Gasteiger partial charge in [-0.05, 0) is 31.1 Å². The molecule has 0 saturated heterocycles. The van der Waals surface area contributed by atoms with Crippen LogP contribution in [0.5, 0.6) is 0 Å². The van der Waals surface area contributed by atoms with Gasteiger partial charge in [-0.2, -0.15) is 0 Å². The molecular formula is C12H22BrNO. The normalized spacial score (nSPS) is 24.1. The summed E-state index contributed by atoms with van der Waals surface area (Å²) in [5.74, 6) is 0.508. The van der Waals surface area contributed by atoms with Crippen molar-refractivity contribution in [3.05, 3.63) is 0 Å². The second-order valence-electron chi connectivity index (χ2n) is 5.12. The van der Waals surface area contributed by atoms with Crippen LogP contribution >= 0.6 is 15.9 Å². The predicted octanol–water partition coefficient (Wildman–Crippen LogP) is 3.10. The van der Waals surface area contributed by atoms with E-state index in [0.29, 0.717) is 0 Å². The molecule has 0 aromatic heterocycles. The predicted molar refractivity (Wildman–Crippen MR) is 67.2 cm³/mol. The number of carbonyl (C=O) groups is 1. The fraction of sp³-hybridized carbons (Fsp3) is 0.917. The van der Waals surface area contributed by atoms with Gasteiger partial charge in [0.2, 0.25) is 5.91 Å². The van der Waals surface area contributed by atoms with Crippen LogP contribution in [0.15, 0.2) is 0 Å². The molecule has 1 aliphatic rings. The van der Waals surface area contributed by atoms with Crippen molar-refractivity contribution in [3.8, 4) is 0 Å². The fourth-order valence-corrected chi connectivity index (χ4v) is 2.76. The molecule has 1 fully saturated rings. The van der Waals surface area contributed by atoms with Gasteiger partial charge in [-0.25, -0.2) is 0 Å². The summed E-state index contributed by atoms with van der Waals surface area (Å²) < 4.78 is 0. The number of halogens is 1. The van der Waals surface area contributed by atoms with E-state index in [9.17, 15) is 4.79 Å². The molecular weight excluding hydrogens is 254 g/mol. The number of hydrogen-bond acceptors (Lipinski definition) is 1. The van der Waals surface area contributed by atoms with E-state index in [0.717, 1.165) is 31.1 Å². The number of carbonyl (C=O) groups excluding carboxylic acids is 1. The summed E-state index contributed by atoms with van der Waals surface area (Å²) in [4.78, 5) is 11.9. The molecule has 1 saturated carbocycles. The first-order valence-corrected chi connectivity index (χ1v) is 7.04. The van der Waals surface area contributed by atoms with Crippen molar-refractivity contribution in [1.29, 1.82) is 0 Å². The SMILES string of the molecule is CC1(C)CCCC1C(=O)NCCCCBr. The van der Waals surface area contributed by atoms with Gasteiger partial charge in [-0.3, -0.25) is 4.79 Å². The van der Waals surface area contributed by atoms with Crippen LogP contribution in [0.1, 0.15) is 46.0 Å². The molecule has 3 heteroatoms. The van der Waals surface area contributed by atoms with Gasteiger partial charge in [-0.1, -0.05) is 36.2 Å². The fourth-order valence-electron chi connectivity index (χ4n) is 2.37. The topological polar surface area (TPSA) is 29.1 Å². The van der Waals surface area contributed by atoms with E-state index in [1.54, 1.807) is 0 Å². The molecule has 1 N–H and O–H groups in total. The van der Waals surface area contributed by atoms with Crippen molar-refractivity contribution < 1.29 is 4.79 Å². The van der Waals surface area contributed by atoms with E-state index < -0.39 is 0 Å². The molecule has 0 aromatic carbocycles. The van der Waals surface area contributed by atoms with Crippen molar-refractivity contribution in [2.45, 2.75) is 46.0 Å². The summed E-state index contributed by atoms with van der Waals surface area (Å²) in [6.07, 6.45) is 5.66. The second-order valence-corrected chi connectivity index (χ2v) is 5.91. The maximum Gasteiger partial charge on any atom is 0.223 e. The molecule has 1 unspecified atom stereocenters. The van der Waals surface area contributed by atoms with Crippen molar-refractivity contribution in [2.24, 2.45) is 11.3 Å². The average molecular weight is 276 g/mol. The molecule has 0 heterocycles. The van der Waals surface area contributed by atoms with Gasteiger partial charge in [0, 0.05) is 17.8 Å². The number of hydrogen-bond donors (Lipinski definition) is 1. The maximum absolute atomic E-state index is 11.9. The lowest BCUT2D eigenvalue weighted by Crippen LogP contribution is -2.36. The molecule has 1 aliphatic carbocycles. The lowest BCUT2D eigenvalue weighted by Gasteiger charge is -2.25. The Bertz CT molecular complexity index is 216. The number of rotatable bonds is 5. The minimum absolute atomic E-state index is 0.208. The van der Waals surface area contributed by atoms with Crippen LogP contribution in [-0.2, 0) is 4.79 Å². The molecule has 1 atom stereocenters. The molecule has 0 radical (unpaired) electrons. The van der Waals surface area contributed by atoms with Gasteiger partial charge in [-0.15, -0.1) is 0 Å². The Morgan fingerprint density at radius 3 is 2.73 bits per heavy atom. The lowest BCUT2D eigenvalue weighted by molar-refractivity contribution is -0.127. The van der Waals surface area contributed by atoms with Crippen molar-refractivity contribution >= 4 is 21.8 Å². The summed E-state index contributed by atoms with van der Waals surface area (Å²) in [6, 6.07) is 0. The monoisotopic (exact) mass is 275 g/mol. The molecule has 0 aromatic rings. The highest BCUT2D eigenvalue weighted by Crippen LogP contribution is 2.42. The molecule has 2 nitrogen and oxygen atoms in total. The average Bonchev–Trinajstić information content (AvgIpc) is 2.52. The summed E-state index contributed by atoms with van der Waals surface area (Å²) in [5.41, 5.74) is 0.208. The van der Waals surface area contributed by atoms with Crippen LogP contribution in [0, 0.1) is 11.3 Å². The van der Waals surface area contributed by atoms with Crippen LogP contribution in [0.2, 0.25) is 0 Å². The van der Waals surface area contributed by atoms with Gasteiger partial charge < -0.3 is 5.32 Å². The van der Waals surface area contributed by atoms with E-state index in [2.05, 4.69) is 35.1 Å². The largest absolute Gasteiger partial charge is 0.356 e. The number of amides is 1. The standard InChI is InChI=1S/C12H22BrNO/c1-12(2)7-5-6-10(12)11(15)14-9-4-3-8-13/h10H,3-9H2,1-2H3,(H,14,15). The van der Waals surface area contributed by atoms with Crippen LogP contribution in [-0.4, -0.2) is 17.8 Å². The highest BCUT2D eigenvalue weighted by Gasteiger charge is 2.38. The molecule has 15 heavy (non-hydrogen) atoms. The maximum atomic E-state index is 11.9. The van der Waals surface area contributed by atoms with Crippen LogP contribution in [0.4, 0.5) is 0 Å². The Labute approximate surface area is 101 Å². The molecule has 88 valence electrons. The Morgan fingerprint density at radius 1 is 1.47 bits per heavy atom. The summed E-state index contributed by atoms with van der Waals surface area (Å²) in [7, 11) is 0. The van der Waals surface area contributed by atoms with Crippen LogP contribution in [0.3, 0.4) is 0 Å². The second kappa shape index (κ2) is 5.88. The number of nitrogens with one attached hydrogen (secondary N) is 1. The van der Waals surface area contributed by atoms with Gasteiger partial charge >= 0.3 is 0 Å².